The summed E-state index contributed by atoms with van der Waals surface area (Å²) in [5.41, 5.74) is 0. The molecule has 0 saturated carbocycles. The summed E-state index contributed by atoms with van der Waals surface area (Å²) in [5, 5.41) is 0. The standard InChI is InChI=1S/C12H18BrNS/c1-2-10-4-3-7-14(8-10)9-11-5-6-12(13)15-11/h5-6,10H,2-4,7-9H2,1H3. The summed E-state index contributed by atoms with van der Waals surface area (Å²) in [4.78, 5) is 4.09. The van der Waals surface area contributed by atoms with Crippen LogP contribution in [0.3, 0.4) is 0 Å². The molecule has 2 rings (SSSR count). The second-order valence-corrected chi connectivity index (χ2v) is 6.91. The van der Waals surface area contributed by atoms with Gasteiger partial charge < -0.3 is 0 Å². The summed E-state index contributed by atoms with van der Waals surface area (Å²) in [5.74, 6) is 0.933. The van der Waals surface area contributed by atoms with Gasteiger partial charge in [-0.2, -0.15) is 0 Å². The third-order valence-corrected chi connectivity index (χ3v) is 4.80. The Labute approximate surface area is 105 Å². The molecule has 1 aromatic rings. The summed E-state index contributed by atoms with van der Waals surface area (Å²) in [6.07, 6.45) is 4.15. The van der Waals surface area contributed by atoms with Crippen LogP contribution in [0, 0.1) is 5.92 Å². The van der Waals surface area contributed by atoms with Gasteiger partial charge in [0.15, 0.2) is 0 Å². The number of likely N-dealkylation sites (tertiary alicyclic amines) is 1. The minimum atomic E-state index is 0.933. The lowest BCUT2D eigenvalue weighted by molar-refractivity contribution is 0.166. The molecule has 0 amide bonds. The first-order valence-electron chi connectivity index (χ1n) is 5.74. The Hall–Kier alpha value is 0.140. The summed E-state index contributed by atoms with van der Waals surface area (Å²) in [6.45, 7) is 6.04. The molecule has 1 unspecified atom stereocenters. The molecule has 1 nitrogen and oxygen atoms in total. The molecule has 0 N–H and O–H groups in total. The van der Waals surface area contributed by atoms with Crippen molar-refractivity contribution in [3.8, 4) is 0 Å². The van der Waals surface area contributed by atoms with Gasteiger partial charge in [-0.15, -0.1) is 11.3 Å². The van der Waals surface area contributed by atoms with Crippen molar-refractivity contribution in [1.29, 1.82) is 0 Å². The van der Waals surface area contributed by atoms with Gasteiger partial charge in [0, 0.05) is 18.0 Å². The molecule has 0 bridgehead atoms. The van der Waals surface area contributed by atoms with Crippen LogP contribution in [-0.2, 0) is 6.54 Å². The van der Waals surface area contributed by atoms with Crippen LogP contribution in [-0.4, -0.2) is 18.0 Å². The molecular formula is C12H18BrNS. The normalized spacial score (nSPS) is 23.2. The molecule has 2 heterocycles. The van der Waals surface area contributed by atoms with E-state index in [4.69, 9.17) is 0 Å². The molecule has 0 spiro atoms. The highest BCUT2D eigenvalue weighted by Gasteiger charge is 2.18. The maximum atomic E-state index is 3.52. The first kappa shape index (κ1) is 11.6. The fraction of sp³-hybridized carbons (Fsp3) is 0.667. The molecule has 1 atom stereocenters. The Bertz CT molecular complexity index is 310. The minimum Gasteiger partial charge on any atom is -0.298 e. The van der Waals surface area contributed by atoms with Gasteiger partial charge in [-0.25, -0.2) is 0 Å². The first-order chi connectivity index (χ1) is 7.28. The predicted octanol–water partition coefficient (Wildman–Crippen LogP) is 4.13. The third-order valence-electron chi connectivity index (χ3n) is 3.19. The molecular weight excluding hydrogens is 270 g/mol. The van der Waals surface area contributed by atoms with Crippen molar-refractivity contribution in [1.82, 2.24) is 4.90 Å². The van der Waals surface area contributed by atoms with Crippen LogP contribution in [0.25, 0.3) is 0 Å². The van der Waals surface area contributed by atoms with E-state index >= 15 is 0 Å². The van der Waals surface area contributed by atoms with Gasteiger partial charge in [-0.3, -0.25) is 4.90 Å². The monoisotopic (exact) mass is 287 g/mol. The molecule has 1 fully saturated rings. The zero-order valence-electron chi connectivity index (χ0n) is 9.21. The molecule has 3 heteroatoms. The van der Waals surface area contributed by atoms with Crippen molar-refractivity contribution in [3.63, 3.8) is 0 Å². The van der Waals surface area contributed by atoms with E-state index in [9.17, 15) is 0 Å². The van der Waals surface area contributed by atoms with Crippen molar-refractivity contribution in [3.05, 3.63) is 20.8 Å². The Balaban J connectivity index is 1.88. The van der Waals surface area contributed by atoms with Crippen LogP contribution in [0.4, 0.5) is 0 Å². The first-order valence-corrected chi connectivity index (χ1v) is 7.35. The van der Waals surface area contributed by atoms with Crippen molar-refractivity contribution in [2.75, 3.05) is 13.1 Å². The number of thiophene rings is 1. The van der Waals surface area contributed by atoms with Crippen LogP contribution >= 0.6 is 27.3 Å². The molecule has 15 heavy (non-hydrogen) atoms. The fourth-order valence-electron chi connectivity index (χ4n) is 2.29. The summed E-state index contributed by atoms with van der Waals surface area (Å²) in [7, 11) is 0. The molecule has 1 aromatic heterocycles. The van der Waals surface area contributed by atoms with E-state index in [1.54, 1.807) is 0 Å². The van der Waals surface area contributed by atoms with E-state index in [-0.39, 0.29) is 0 Å². The number of piperidine rings is 1. The summed E-state index contributed by atoms with van der Waals surface area (Å²) >= 11 is 5.39. The molecule has 1 aliphatic heterocycles. The molecule has 1 saturated heterocycles. The van der Waals surface area contributed by atoms with E-state index in [1.165, 1.54) is 41.0 Å². The number of hydrogen-bond acceptors (Lipinski definition) is 2. The van der Waals surface area contributed by atoms with Gasteiger partial charge in [0.05, 0.1) is 3.79 Å². The maximum Gasteiger partial charge on any atom is 0.0701 e. The van der Waals surface area contributed by atoms with Crippen molar-refractivity contribution < 1.29 is 0 Å². The van der Waals surface area contributed by atoms with E-state index < -0.39 is 0 Å². The Morgan fingerprint density at radius 1 is 1.53 bits per heavy atom. The van der Waals surface area contributed by atoms with Crippen LogP contribution in [0.15, 0.2) is 15.9 Å². The van der Waals surface area contributed by atoms with Crippen molar-refractivity contribution in [2.24, 2.45) is 5.92 Å². The fourth-order valence-corrected chi connectivity index (χ4v) is 3.81. The highest BCUT2D eigenvalue weighted by atomic mass is 79.9. The quantitative estimate of drug-likeness (QED) is 0.808. The Kier molecular flexibility index (Phi) is 4.23. The highest BCUT2D eigenvalue weighted by molar-refractivity contribution is 9.11. The third kappa shape index (κ3) is 3.30. The zero-order valence-corrected chi connectivity index (χ0v) is 11.6. The molecule has 1 aliphatic rings. The van der Waals surface area contributed by atoms with Crippen molar-refractivity contribution >= 4 is 27.3 Å². The Morgan fingerprint density at radius 3 is 3.07 bits per heavy atom. The second-order valence-electron chi connectivity index (χ2n) is 4.36. The van der Waals surface area contributed by atoms with Crippen LogP contribution < -0.4 is 0 Å². The molecule has 0 aliphatic carbocycles. The number of rotatable bonds is 3. The van der Waals surface area contributed by atoms with E-state index in [1.807, 2.05) is 11.3 Å². The number of nitrogens with zero attached hydrogens (tertiary/aromatic N) is 1. The molecule has 0 radical (unpaired) electrons. The van der Waals surface area contributed by atoms with Gasteiger partial charge in [0.25, 0.3) is 0 Å². The summed E-state index contributed by atoms with van der Waals surface area (Å²) < 4.78 is 1.25. The van der Waals surface area contributed by atoms with Gasteiger partial charge in [0.1, 0.15) is 0 Å². The smallest absolute Gasteiger partial charge is 0.0701 e. The van der Waals surface area contributed by atoms with E-state index in [0.717, 1.165) is 12.5 Å². The predicted molar refractivity (Wildman–Crippen MR) is 70.3 cm³/mol. The van der Waals surface area contributed by atoms with Crippen molar-refractivity contribution in [2.45, 2.75) is 32.7 Å². The maximum absolute atomic E-state index is 3.52. The average Bonchev–Trinajstić information content (AvgIpc) is 2.64. The lowest BCUT2D eigenvalue weighted by Crippen LogP contribution is -2.34. The zero-order chi connectivity index (χ0) is 10.7. The average molecular weight is 288 g/mol. The molecule has 0 aromatic carbocycles. The van der Waals surface area contributed by atoms with Gasteiger partial charge in [-0.1, -0.05) is 13.3 Å². The highest BCUT2D eigenvalue weighted by Crippen LogP contribution is 2.26. The minimum absolute atomic E-state index is 0.933. The van der Waals surface area contributed by atoms with Crippen LogP contribution in [0.2, 0.25) is 0 Å². The largest absolute Gasteiger partial charge is 0.298 e. The van der Waals surface area contributed by atoms with E-state index in [0.29, 0.717) is 0 Å². The number of hydrogen-bond donors (Lipinski definition) is 0. The summed E-state index contributed by atoms with van der Waals surface area (Å²) in [6, 6.07) is 4.39. The van der Waals surface area contributed by atoms with Gasteiger partial charge in [-0.05, 0) is 53.4 Å². The lowest BCUT2D eigenvalue weighted by atomic mass is 9.96. The number of halogens is 1. The van der Waals surface area contributed by atoms with E-state index in [2.05, 4.69) is 39.9 Å². The Morgan fingerprint density at radius 2 is 2.40 bits per heavy atom. The lowest BCUT2D eigenvalue weighted by Gasteiger charge is -2.31. The van der Waals surface area contributed by atoms with Gasteiger partial charge in [0.2, 0.25) is 0 Å². The SMILES string of the molecule is CCC1CCCN(Cc2ccc(Br)s2)C1. The van der Waals surface area contributed by atoms with Crippen LogP contribution in [0.5, 0.6) is 0 Å². The second kappa shape index (κ2) is 5.46. The molecule has 84 valence electrons. The van der Waals surface area contributed by atoms with Gasteiger partial charge >= 0.3 is 0 Å². The van der Waals surface area contributed by atoms with Crippen LogP contribution in [0.1, 0.15) is 31.1 Å². The topological polar surface area (TPSA) is 3.24 Å².